The van der Waals surface area contributed by atoms with Crippen LogP contribution in [0.5, 0.6) is 5.75 Å². The van der Waals surface area contributed by atoms with Gasteiger partial charge in [-0.15, -0.1) is 0 Å². The second-order valence-corrected chi connectivity index (χ2v) is 5.96. The van der Waals surface area contributed by atoms with E-state index in [4.69, 9.17) is 9.15 Å². The van der Waals surface area contributed by atoms with E-state index in [1.165, 1.54) is 6.07 Å². The largest absolute Gasteiger partial charge is 0.483 e. The van der Waals surface area contributed by atoms with Crippen LogP contribution < -0.4 is 15.6 Å². The Morgan fingerprint density at radius 3 is 2.59 bits per heavy atom. The summed E-state index contributed by atoms with van der Waals surface area (Å²) < 4.78 is 11.6. The van der Waals surface area contributed by atoms with E-state index >= 15 is 0 Å². The molecule has 0 unspecified atom stereocenters. The van der Waals surface area contributed by atoms with Gasteiger partial charge in [-0.05, 0) is 68.6 Å². The summed E-state index contributed by atoms with van der Waals surface area (Å²) in [5.74, 6) is -0.432. The summed E-state index contributed by atoms with van der Waals surface area (Å²) in [5, 5.41) is 0. The van der Waals surface area contributed by atoms with Crippen LogP contribution in [0.2, 0.25) is 0 Å². The lowest BCUT2D eigenvalue weighted by molar-refractivity contribution is -0.123. The Hall–Kier alpha value is -1.80. The number of carbonyl (C=O) groups is 2. The molecule has 0 aliphatic heterocycles. The first-order valence-electron chi connectivity index (χ1n) is 6.19. The number of hydrazine groups is 1. The zero-order chi connectivity index (χ0) is 16.1. The zero-order valence-electron chi connectivity index (χ0n) is 11.5. The van der Waals surface area contributed by atoms with E-state index in [-0.39, 0.29) is 12.4 Å². The number of furan rings is 1. The van der Waals surface area contributed by atoms with Crippen molar-refractivity contribution in [2.75, 3.05) is 6.61 Å². The Labute approximate surface area is 143 Å². The first-order valence-corrected chi connectivity index (χ1v) is 7.78. The lowest BCUT2D eigenvalue weighted by atomic mass is 10.2. The predicted molar refractivity (Wildman–Crippen MR) is 86.4 cm³/mol. The fraction of sp³-hybridized carbons (Fsp3) is 0.143. The monoisotopic (exact) mass is 430 g/mol. The first-order chi connectivity index (χ1) is 10.5. The predicted octanol–water partition coefficient (Wildman–Crippen LogP) is 2.95. The summed E-state index contributed by atoms with van der Waals surface area (Å²) in [6, 6.07) is 8.56. The van der Waals surface area contributed by atoms with E-state index in [2.05, 4.69) is 42.7 Å². The number of halogens is 2. The number of carbonyl (C=O) groups excluding carboxylic acids is 2. The van der Waals surface area contributed by atoms with Crippen LogP contribution >= 0.6 is 31.9 Å². The molecule has 0 saturated heterocycles. The fourth-order valence-electron chi connectivity index (χ4n) is 1.53. The number of hydrogen-bond donors (Lipinski definition) is 2. The van der Waals surface area contributed by atoms with Crippen molar-refractivity contribution in [2.24, 2.45) is 0 Å². The third-order valence-corrected chi connectivity index (χ3v) is 3.60. The minimum absolute atomic E-state index is 0.0781. The molecule has 1 aromatic heterocycles. The Morgan fingerprint density at radius 2 is 1.95 bits per heavy atom. The summed E-state index contributed by atoms with van der Waals surface area (Å²) in [7, 11) is 0. The highest BCUT2D eigenvalue weighted by molar-refractivity contribution is 9.10. The number of hydrogen-bond acceptors (Lipinski definition) is 4. The summed E-state index contributed by atoms with van der Waals surface area (Å²) >= 11 is 6.43. The molecule has 2 aromatic rings. The summed E-state index contributed by atoms with van der Waals surface area (Å²) in [6.45, 7) is 1.72. The Balaban J connectivity index is 1.79. The molecular weight excluding hydrogens is 420 g/mol. The van der Waals surface area contributed by atoms with Crippen LogP contribution in [0, 0.1) is 6.92 Å². The van der Waals surface area contributed by atoms with Gasteiger partial charge in [-0.3, -0.25) is 20.4 Å². The molecule has 8 heteroatoms. The van der Waals surface area contributed by atoms with E-state index in [0.29, 0.717) is 10.4 Å². The molecule has 0 radical (unpaired) electrons. The van der Waals surface area contributed by atoms with Gasteiger partial charge in [-0.2, -0.15) is 0 Å². The van der Waals surface area contributed by atoms with Crippen LogP contribution in [0.15, 0.2) is 43.9 Å². The van der Waals surface area contributed by atoms with Gasteiger partial charge >= 0.3 is 5.91 Å². The van der Waals surface area contributed by atoms with E-state index in [1.54, 1.807) is 12.1 Å². The minimum atomic E-state index is -0.560. The highest BCUT2D eigenvalue weighted by Gasteiger charge is 2.12. The number of rotatable bonds is 4. The number of aryl methyl sites for hydroxylation is 1. The average molecular weight is 432 g/mol. The number of benzene rings is 1. The quantitative estimate of drug-likeness (QED) is 0.729. The maximum atomic E-state index is 11.6. The molecule has 0 bridgehead atoms. The van der Waals surface area contributed by atoms with Gasteiger partial charge in [0.2, 0.25) is 0 Å². The molecule has 0 saturated carbocycles. The molecule has 0 aliphatic carbocycles. The summed E-state index contributed by atoms with van der Waals surface area (Å²) in [5.41, 5.74) is 5.53. The smallest absolute Gasteiger partial charge is 0.305 e. The van der Waals surface area contributed by atoms with Crippen LogP contribution in [0.4, 0.5) is 0 Å². The van der Waals surface area contributed by atoms with Crippen LogP contribution in [0.1, 0.15) is 16.1 Å². The van der Waals surface area contributed by atoms with Gasteiger partial charge in [0.05, 0.1) is 4.47 Å². The number of nitrogens with one attached hydrogen (secondary N) is 2. The fourth-order valence-corrected chi connectivity index (χ4v) is 2.44. The average Bonchev–Trinajstić information content (AvgIpc) is 2.90. The first kappa shape index (κ1) is 16.6. The topological polar surface area (TPSA) is 80.6 Å². The van der Waals surface area contributed by atoms with E-state index in [1.807, 2.05) is 19.1 Å². The van der Waals surface area contributed by atoms with Crippen molar-refractivity contribution in [1.29, 1.82) is 0 Å². The molecule has 22 heavy (non-hydrogen) atoms. The standard InChI is InChI=1S/C14H12Br2N2O4/c1-8-2-3-10(9(15)6-8)21-7-13(19)17-18-14(20)11-4-5-12(16)22-11/h2-6H,7H2,1H3,(H,17,19)(H,18,20). The van der Waals surface area contributed by atoms with E-state index < -0.39 is 11.8 Å². The van der Waals surface area contributed by atoms with Crippen molar-refractivity contribution in [3.63, 3.8) is 0 Å². The maximum Gasteiger partial charge on any atom is 0.305 e. The number of ether oxygens (including phenoxy) is 1. The second-order valence-electron chi connectivity index (χ2n) is 4.33. The molecular formula is C14H12Br2N2O4. The van der Waals surface area contributed by atoms with Crippen molar-refractivity contribution < 1.29 is 18.7 Å². The van der Waals surface area contributed by atoms with Gasteiger partial charge < -0.3 is 9.15 Å². The normalized spacial score (nSPS) is 10.1. The molecule has 0 aliphatic rings. The highest BCUT2D eigenvalue weighted by atomic mass is 79.9. The molecule has 1 heterocycles. The van der Waals surface area contributed by atoms with Crippen molar-refractivity contribution in [2.45, 2.75) is 6.92 Å². The van der Waals surface area contributed by atoms with Crippen molar-refractivity contribution in [3.05, 3.63) is 50.8 Å². The zero-order valence-corrected chi connectivity index (χ0v) is 14.7. The molecule has 2 rings (SSSR count). The Bertz CT molecular complexity index is 700. The SMILES string of the molecule is Cc1ccc(OCC(=O)NNC(=O)c2ccc(Br)o2)c(Br)c1. The van der Waals surface area contributed by atoms with Crippen LogP contribution in [-0.2, 0) is 4.79 Å². The van der Waals surface area contributed by atoms with Crippen LogP contribution in [0.3, 0.4) is 0 Å². The molecule has 0 fully saturated rings. The Morgan fingerprint density at radius 1 is 1.18 bits per heavy atom. The van der Waals surface area contributed by atoms with Crippen molar-refractivity contribution >= 4 is 43.7 Å². The van der Waals surface area contributed by atoms with Crippen LogP contribution in [0.25, 0.3) is 0 Å². The molecule has 0 spiro atoms. The molecule has 2 N–H and O–H groups in total. The molecule has 116 valence electrons. The van der Waals surface area contributed by atoms with Gasteiger partial charge in [0.15, 0.2) is 17.0 Å². The third-order valence-electron chi connectivity index (χ3n) is 2.56. The molecule has 1 aromatic carbocycles. The summed E-state index contributed by atoms with van der Waals surface area (Å²) in [4.78, 5) is 23.3. The van der Waals surface area contributed by atoms with Crippen molar-refractivity contribution in [1.82, 2.24) is 10.9 Å². The van der Waals surface area contributed by atoms with Gasteiger partial charge in [0, 0.05) is 0 Å². The van der Waals surface area contributed by atoms with E-state index in [0.717, 1.165) is 10.0 Å². The second kappa shape index (κ2) is 7.46. The maximum absolute atomic E-state index is 11.6. The minimum Gasteiger partial charge on any atom is -0.483 e. The lowest BCUT2D eigenvalue weighted by Gasteiger charge is -2.09. The highest BCUT2D eigenvalue weighted by Crippen LogP contribution is 2.25. The molecule has 6 nitrogen and oxygen atoms in total. The summed E-state index contributed by atoms with van der Waals surface area (Å²) in [6.07, 6.45) is 0. The lowest BCUT2D eigenvalue weighted by Crippen LogP contribution is -2.43. The Kier molecular flexibility index (Phi) is 5.62. The van der Waals surface area contributed by atoms with Gasteiger partial charge in [0.25, 0.3) is 5.91 Å². The van der Waals surface area contributed by atoms with E-state index in [9.17, 15) is 9.59 Å². The third kappa shape index (κ3) is 4.60. The van der Waals surface area contributed by atoms with Crippen LogP contribution in [-0.4, -0.2) is 18.4 Å². The molecule has 0 atom stereocenters. The molecule has 2 amide bonds. The number of amides is 2. The van der Waals surface area contributed by atoms with Crippen molar-refractivity contribution in [3.8, 4) is 5.75 Å². The van der Waals surface area contributed by atoms with Gasteiger partial charge in [-0.1, -0.05) is 6.07 Å². The van der Waals surface area contributed by atoms with Gasteiger partial charge in [0.1, 0.15) is 5.75 Å². The van der Waals surface area contributed by atoms with Gasteiger partial charge in [-0.25, -0.2) is 0 Å².